The molecule has 0 aliphatic heterocycles. The van der Waals surface area contributed by atoms with Crippen LogP contribution in [0.25, 0.3) is 0 Å². The van der Waals surface area contributed by atoms with Crippen molar-refractivity contribution in [3.8, 4) is 0 Å². The normalized spacial score (nSPS) is 10.2. The van der Waals surface area contributed by atoms with E-state index in [9.17, 15) is 4.79 Å². The van der Waals surface area contributed by atoms with E-state index < -0.39 is 0 Å². The van der Waals surface area contributed by atoms with Crippen LogP contribution in [0.15, 0.2) is 24.4 Å². The maximum absolute atomic E-state index is 11.4. The standard InChI is InChI=1S/C11H16N2O/c1-9(2)8-13-11(14)7-10-5-3-4-6-12-10/h3-6,9H,7-8H2,1-2H3,(H,13,14). The van der Waals surface area contributed by atoms with Crippen LogP contribution < -0.4 is 5.32 Å². The second kappa shape index (κ2) is 5.37. The van der Waals surface area contributed by atoms with E-state index in [1.807, 2.05) is 18.2 Å². The molecule has 1 N–H and O–H groups in total. The minimum Gasteiger partial charge on any atom is -0.356 e. The summed E-state index contributed by atoms with van der Waals surface area (Å²) in [5.74, 6) is 0.528. The van der Waals surface area contributed by atoms with Gasteiger partial charge in [-0.3, -0.25) is 9.78 Å². The van der Waals surface area contributed by atoms with Crippen molar-refractivity contribution in [3.05, 3.63) is 30.1 Å². The average molecular weight is 192 g/mol. The lowest BCUT2D eigenvalue weighted by Crippen LogP contribution is -2.28. The van der Waals surface area contributed by atoms with Gasteiger partial charge in [0, 0.05) is 18.4 Å². The molecular formula is C11H16N2O. The van der Waals surface area contributed by atoms with E-state index in [2.05, 4.69) is 24.1 Å². The van der Waals surface area contributed by atoms with E-state index in [1.54, 1.807) is 6.20 Å². The molecule has 0 bridgehead atoms. The maximum atomic E-state index is 11.4. The van der Waals surface area contributed by atoms with Gasteiger partial charge in [0.2, 0.25) is 5.91 Å². The van der Waals surface area contributed by atoms with E-state index in [4.69, 9.17) is 0 Å². The molecule has 1 aromatic heterocycles. The summed E-state index contributed by atoms with van der Waals surface area (Å²) in [7, 11) is 0. The highest BCUT2D eigenvalue weighted by Crippen LogP contribution is 1.95. The van der Waals surface area contributed by atoms with E-state index >= 15 is 0 Å². The van der Waals surface area contributed by atoms with Crippen LogP contribution in [0.5, 0.6) is 0 Å². The van der Waals surface area contributed by atoms with E-state index in [0.717, 1.165) is 12.2 Å². The summed E-state index contributed by atoms with van der Waals surface area (Å²) in [6, 6.07) is 5.59. The molecule has 76 valence electrons. The maximum Gasteiger partial charge on any atom is 0.226 e. The summed E-state index contributed by atoms with van der Waals surface area (Å²) >= 11 is 0. The van der Waals surface area contributed by atoms with Gasteiger partial charge in [-0.05, 0) is 18.1 Å². The predicted octanol–water partition coefficient (Wildman–Crippen LogP) is 1.40. The summed E-state index contributed by atoms with van der Waals surface area (Å²) in [6.07, 6.45) is 2.07. The molecule has 3 nitrogen and oxygen atoms in total. The van der Waals surface area contributed by atoms with Crippen molar-refractivity contribution in [1.29, 1.82) is 0 Å². The number of carbonyl (C=O) groups excluding carboxylic acids is 1. The molecule has 3 heteroatoms. The minimum absolute atomic E-state index is 0.0393. The van der Waals surface area contributed by atoms with Gasteiger partial charge in [0.05, 0.1) is 6.42 Å². The fourth-order valence-electron chi connectivity index (χ4n) is 1.05. The van der Waals surface area contributed by atoms with Gasteiger partial charge in [-0.15, -0.1) is 0 Å². The highest BCUT2D eigenvalue weighted by atomic mass is 16.1. The third kappa shape index (κ3) is 4.03. The summed E-state index contributed by atoms with van der Waals surface area (Å²) in [6.45, 7) is 4.87. The van der Waals surface area contributed by atoms with Gasteiger partial charge in [0.25, 0.3) is 0 Å². The molecule has 0 fully saturated rings. The molecule has 0 aromatic carbocycles. The van der Waals surface area contributed by atoms with Crippen molar-refractivity contribution >= 4 is 5.91 Å². The van der Waals surface area contributed by atoms with Crippen LogP contribution in [0.1, 0.15) is 19.5 Å². The molecular weight excluding hydrogens is 176 g/mol. The predicted molar refractivity (Wildman–Crippen MR) is 55.8 cm³/mol. The van der Waals surface area contributed by atoms with Crippen LogP contribution in [0.4, 0.5) is 0 Å². The van der Waals surface area contributed by atoms with Crippen LogP contribution >= 0.6 is 0 Å². The first kappa shape index (κ1) is 10.7. The molecule has 1 heterocycles. The Morgan fingerprint density at radius 2 is 2.29 bits per heavy atom. The smallest absolute Gasteiger partial charge is 0.226 e. The van der Waals surface area contributed by atoms with E-state index in [0.29, 0.717) is 12.3 Å². The second-order valence-corrected chi connectivity index (χ2v) is 3.70. The molecule has 0 radical (unpaired) electrons. The summed E-state index contributed by atoms with van der Waals surface area (Å²) < 4.78 is 0. The third-order valence-electron chi connectivity index (χ3n) is 1.78. The fraction of sp³-hybridized carbons (Fsp3) is 0.455. The molecule has 1 aromatic rings. The van der Waals surface area contributed by atoms with E-state index in [1.165, 1.54) is 0 Å². The van der Waals surface area contributed by atoms with Crippen molar-refractivity contribution < 1.29 is 4.79 Å². The zero-order valence-electron chi connectivity index (χ0n) is 8.66. The lowest BCUT2D eigenvalue weighted by molar-refractivity contribution is -0.120. The van der Waals surface area contributed by atoms with Crippen LogP contribution in [0.3, 0.4) is 0 Å². The van der Waals surface area contributed by atoms with Crippen LogP contribution in [0.2, 0.25) is 0 Å². The first-order valence-corrected chi connectivity index (χ1v) is 4.85. The van der Waals surface area contributed by atoms with Gasteiger partial charge in [-0.25, -0.2) is 0 Å². The van der Waals surface area contributed by atoms with Crippen molar-refractivity contribution in [2.45, 2.75) is 20.3 Å². The Kier molecular flexibility index (Phi) is 4.11. The first-order chi connectivity index (χ1) is 6.68. The number of amides is 1. The van der Waals surface area contributed by atoms with Crippen LogP contribution in [0, 0.1) is 5.92 Å². The fourth-order valence-corrected chi connectivity index (χ4v) is 1.05. The zero-order valence-corrected chi connectivity index (χ0v) is 8.66. The molecule has 0 saturated carbocycles. The highest BCUT2D eigenvalue weighted by molar-refractivity contribution is 5.78. The van der Waals surface area contributed by atoms with Gasteiger partial charge in [0.1, 0.15) is 0 Å². The van der Waals surface area contributed by atoms with E-state index in [-0.39, 0.29) is 5.91 Å². The molecule has 0 unspecified atom stereocenters. The lowest BCUT2D eigenvalue weighted by atomic mass is 10.2. The molecule has 1 rings (SSSR count). The Morgan fingerprint density at radius 1 is 1.50 bits per heavy atom. The van der Waals surface area contributed by atoms with Crippen molar-refractivity contribution in [3.63, 3.8) is 0 Å². The van der Waals surface area contributed by atoms with Crippen molar-refractivity contribution in [1.82, 2.24) is 10.3 Å². The minimum atomic E-state index is 0.0393. The largest absolute Gasteiger partial charge is 0.356 e. The lowest BCUT2D eigenvalue weighted by Gasteiger charge is -2.06. The molecule has 0 saturated heterocycles. The Hall–Kier alpha value is -1.38. The Labute approximate surface area is 84.6 Å². The SMILES string of the molecule is CC(C)CNC(=O)Cc1ccccn1. The molecule has 0 aliphatic carbocycles. The van der Waals surface area contributed by atoms with Gasteiger partial charge in [-0.1, -0.05) is 19.9 Å². The molecule has 1 amide bonds. The Morgan fingerprint density at radius 3 is 2.86 bits per heavy atom. The number of hydrogen-bond acceptors (Lipinski definition) is 2. The Balaban J connectivity index is 2.35. The molecule has 0 aliphatic rings. The zero-order chi connectivity index (χ0) is 10.4. The Bertz CT molecular complexity index is 283. The van der Waals surface area contributed by atoms with Gasteiger partial charge in [-0.2, -0.15) is 0 Å². The number of aromatic nitrogens is 1. The highest BCUT2D eigenvalue weighted by Gasteiger charge is 2.03. The van der Waals surface area contributed by atoms with Crippen molar-refractivity contribution in [2.75, 3.05) is 6.54 Å². The summed E-state index contributed by atoms with van der Waals surface area (Å²) in [5.41, 5.74) is 0.814. The molecule has 0 spiro atoms. The third-order valence-corrected chi connectivity index (χ3v) is 1.78. The monoisotopic (exact) mass is 192 g/mol. The quantitative estimate of drug-likeness (QED) is 0.783. The van der Waals surface area contributed by atoms with Crippen LogP contribution in [-0.4, -0.2) is 17.4 Å². The summed E-state index contributed by atoms with van der Waals surface area (Å²) in [5, 5.41) is 2.85. The van der Waals surface area contributed by atoms with Crippen LogP contribution in [-0.2, 0) is 11.2 Å². The first-order valence-electron chi connectivity index (χ1n) is 4.85. The number of nitrogens with one attached hydrogen (secondary N) is 1. The second-order valence-electron chi connectivity index (χ2n) is 3.70. The average Bonchev–Trinajstić information content (AvgIpc) is 2.16. The molecule has 0 atom stereocenters. The number of rotatable bonds is 4. The number of nitrogens with zero attached hydrogens (tertiary/aromatic N) is 1. The van der Waals surface area contributed by atoms with Gasteiger partial charge in [0.15, 0.2) is 0 Å². The van der Waals surface area contributed by atoms with Gasteiger partial charge < -0.3 is 5.32 Å². The summed E-state index contributed by atoms with van der Waals surface area (Å²) in [4.78, 5) is 15.5. The number of pyridine rings is 1. The topological polar surface area (TPSA) is 42.0 Å². The van der Waals surface area contributed by atoms with Crippen molar-refractivity contribution in [2.24, 2.45) is 5.92 Å². The van der Waals surface area contributed by atoms with Gasteiger partial charge >= 0.3 is 0 Å². The number of carbonyl (C=O) groups is 1. The molecule has 14 heavy (non-hydrogen) atoms. The number of hydrogen-bond donors (Lipinski definition) is 1.